The summed E-state index contributed by atoms with van der Waals surface area (Å²) in [6.45, 7) is 0. The summed E-state index contributed by atoms with van der Waals surface area (Å²) in [7, 11) is 0. The fourth-order valence-corrected chi connectivity index (χ4v) is 3.64. The Labute approximate surface area is 348 Å². The molecule has 0 unspecified atom stereocenters. The molecule has 26 heteroatoms. The van der Waals surface area contributed by atoms with E-state index in [2.05, 4.69) is 0 Å². The van der Waals surface area contributed by atoms with Gasteiger partial charge in [0.25, 0.3) is 0 Å². The molecule has 5 aromatic rings. The first-order valence-corrected chi connectivity index (χ1v) is 15.0. The minimum Gasteiger partial charge on any atom is -0.504 e. The number of aromatic carboxylic acids is 5. The smallest absolute Gasteiger partial charge is 0.335 e. The van der Waals surface area contributed by atoms with Crippen molar-refractivity contribution in [1.82, 2.24) is 0 Å². The molecule has 0 aliphatic carbocycles. The number of hydrogen-bond acceptors (Lipinski definition) is 20. The standard InChI is InChI=1S/5C7H6O5.V/c5*8-4-1-3(7(11)12)2-5(9)6(4)10;/h5*1-2,8-10H,(H,11,12);. The van der Waals surface area contributed by atoms with Crippen molar-refractivity contribution in [3.8, 4) is 86.2 Å². The summed E-state index contributed by atoms with van der Waals surface area (Å²) in [6.07, 6.45) is 0. The molecular formula is C35H30O25V. The van der Waals surface area contributed by atoms with Crippen molar-refractivity contribution in [2.45, 2.75) is 0 Å². The molecule has 0 aromatic heterocycles. The summed E-state index contributed by atoms with van der Waals surface area (Å²) in [6, 6.07) is 8.45. The molecule has 5 rings (SSSR count). The van der Waals surface area contributed by atoms with E-state index in [1.54, 1.807) is 0 Å². The quantitative estimate of drug-likeness (QED) is 0.113. The molecule has 0 spiro atoms. The number of carboxylic acids is 5. The van der Waals surface area contributed by atoms with E-state index >= 15 is 0 Å². The van der Waals surface area contributed by atoms with Gasteiger partial charge in [0.05, 0.1) is 27.8 Å². The number of rotatable bonds is 5. The average Bonchev–Trinajstić information content (AvgIpc) is 3.15. The first-order chi connectivity index (χ1) is 27.6. The van der Waals surface area contributed by atoms with Gasteiger partial charge in [0.2, 0.25) is 0 Å². The van der Waals surface area contributed by atoms with Crippen LogP contribution in [0.4, 0.5) is 0 Å². The maximum Gasteiger partial charge on any atom is 0.335 e. The van der Waals surface area contributed by atoms with Gasteiger partial charge in [-0.1, -0.05) is 0 Å². The molecule has 0 heterocycles. The van der Waals surface area contributed by atoms with Crippen molar-refractivity contribution in [2.75, 3.05) is 0 Å². The Morgan fingerprint density at radius 3 is 0.377 bits per heavy atom. The van der Waals surface area contributed by atoms with E-state index < -0.39 is 116 Å². The molecule has 325 valence electrons. The second-order valence-corrected chi connectivity index (χ2v) is 10.8. The molecule has 61 heavy (non-hydrogen) atoms. The van der Waals surface area contributed by atoms with Crippen molar-refractivity contribution in [3.05, 3.63) is 88.5 Å². The van der Waals surface area contributed by atoms with E-state index in [1.807, 2.05) is 0 Å². The molecule has 0 bridgehead atoms. The summed E-state index contributed by atoms with van der Waals surface area (Å²) >= 11 is 0. The third-order valence-corrected chi connectivity index (χ3v) is 6.58. The molecule has 0 amide bonds. The molecular weight excluding hydrogens is 871 g/mol. The van der Waals surface area contributed by atoms with Crippen molar-refractivity contribution >= 4 is 29.8 Å². The zero-order valence-corrected chi connectivity index (χ0v) is 31.1. The monoisotopic (exact) mass is 901 g/mol. The number of phenols is 15. The molecule has 20 N–H and O–H groups in total. The number of benzene rings is 5. The van der Waals surface area contributed by atoms with Crippen LogP contribution in [0.3, 0.4) is 0 Å². The van der Waals surface area contributed by atoms with Crippen LogP contribution in [-0.4, -0.2) is 132 Å². The molecule has 0 fully saturated rings. The zero-order chi connectivity index (χ0) is 46.5. The molecule has 0 saturated heterocycles. The van der Waals surface area contributed by atoms with E-state index in [4.69, 9.17) is 102 Å². The topological polar surface area (TPSA) is 490 Å². The van der Waals surface area contributed by atoms with Crippen LogP contribution in [0.15, 0.2) is 60.7 Å². The van der Waals surface area contributed by atoms with Crippen LogP contribution in [0.25, 0.3) is 0 Å². The first-order valence-electron chi connectivity index (χ1n) is 15.0. The van der Waals surface area contributed by atoms with Gasteiger partial charge >= 0.3 is 29.8 Å². The molecule has 0 aliphatic heterocycles. The summed E-state index contributed by atoms with van der Waals surface area (Å²) in [5.41, 5.74) is -1.45. The van der Waals surface area contributed by atoms with Gasteiger partial charge < -0.3 is 102 Å². The van der Waals surface area contributed by atoms with E-state index in [0.717, 1.165) is 60.7 Å². The Morgan fingerprint density at radius 2 is 0.311 bits per heavy atom. The van der Waals surface area contributed by atoms with Gasteiger partial charge in [0.15, 0.2) is 86.2 Å². The fraction of sp³-hybridized carbons (Fsp3) is 0. The Balaban J connectivity index is 0.000000735. The number of hydrogen-bond donors (Lipinski definition) is 20. The normalized spacial score (nSPS) is 9.51. The molecule has 0 saturated carbocycles. The first kappa shape index (κ1) is 52.0. The summed E-state index contributed by atoms with van der Waals surface area (Å²) in [4.78, 5) is 51.6. The predicted molar refractivity (Wildman–Crippen MR) is 192 cm³/mol. The number of phenolic OH excluding ortho intramolecular Hbond substituents is 15. The number of carboxylic acid groups (broad SMARTS) is 5. The van der Waals surface area contributed by atoms with Gasteiger partial charge in [-0.25, -0.2) is 24.0 Å². The summed E-state index contributed by atoms with van der Waals surface area (Å²) in [5, 5.41) is 175. The maximum atomic E-state index is 10.3. The average molecular weight is 902 g/mol. The van der Waals surface area contributed by atoms with Crippen LogP contribution in [0.5, 0.6) is 86.2 Å². The molecule has 25 nitrogen and oxygen atoms in total. The van der Waals surface area contributed by atoms with Crippen LogP contribution >= 0.6 is 0 Å². The van der Waals surface area contributed by atoms with Gasteiger partial charge in [-0.05, 0) is 60.7 Å². The predicted octanol–water partition coefficient (Wildman–Crippen LogP) is 2.51. The SMILES string of the molecule is O=C(O)c1cc(O)c(O)c(O)c1.O=C(O)c1cc(O)c(O)c(O)c1.O=C(O)c1cc(O)c(O)c(O)c1.O=C(O)c1cc(O)c(O)c(O)c1.O=C(O)c1cc(O)c(O)c(O)c1.[V]. The van der Waals surface area contributed by atoms with Gasteiger partial charge in [-0.15, -0.1) is 0 Å². The molecule has 1 radical (unpaired) electrons. The number of aromatic hydroxyl groups is 15. The molecule has 5 aromatic carbocycles. The Kier molecular flexibility index (Phi) is 18.9. The van der Waals surface area contributed by atoms with E-state index in [9.17, 15) is 24.0 Å². The second-order valence-electron chi connectivity index (χ2n) is 10.8. The Hall–Kier alpha value is -8.97. The Morgan fingerprint density at radius 1 is 0.230 bits per heavy atom. The zero-order valence-electron chi connectivity index (χ0n) is 29.7. The van der Waals surface area contributed by atoms with Crippen LogP contribution in [0.2, 0.25) is 0 Å². The van der Waals surface area contributed by atoms with Crippen LogP contribution in [0, 0.1) is 0 Å². The third kappa shape index (κ3) is 14.8. The van der Waals surface area contributed by atoms with Gasteiger partial charge in [0, 0.05) is 18.6 Å². The van der Waals surface area contributed by atoms with Crippen LogP contribution in [-0.2, 0) is 18.6 Å². The van der Waals surface area contributed by atoms with Gasteiger partial charge in [-0.2, -0.15) is 0 Å². The molecule has 0 atom stereocenters. The Bertz CT molecular complexity index is 1940. The second kappa shape index (κ2) is 22.1. The van der Waals surface area contributed by atoms with E-state index in [-0.39, 0.29) is 46.4 Å². The number of carbonyl (C=O) groups is 5. The van der Waals surface area contributed by atoms with Crippen LogP contribution < -0.4 is 0 Å². The van der Waals surface area contributed by atoms with Gasteiger partial charge in [0.1, 0.15) is 0 Å². The van der Waals surface area contributed by atoms with Crippen LogP contribution in [0.1, 0.15) is 51.8 Å². The van der Waals surface area contributed by atoms with Crippen molar-refractivity contribution in [1.29, 1.82) is 0 Å². The minimum absolute atomic E-state index is 0. The third-order valence-electron chi connectivity index (χ3n) is 6.58. The minimum atomic E-state index is -1.29. The van der Waals surface area contributed by atoms with Crippen molar-refractivity contribution in [2.24, 2.45) is 0 Å². The largest absolute Gasteiger partial charge is 0.504 e. The fourth-order valence-electron chi connectivity index (χ4n) is 3.64. The van der Waals surface area contributed by atoms with E-state index in [0.29, 0.717) is 0 Å². The summed E-state index contributed by atoms with van der Waals surface area (Å²) < 4.78 is 0. The van der Waals surface area contributed by atoms with Crippen molar-refractivity contribution in [3.63, 3.8) is 0 Å². The summed E-state index contributed by atoms with van der Waals surface area (Å²) in [5.74, 6) is -16.7. The van der Waals surface area contributed by atoms with Crippen molar-refractivity contribution < 1.29 is 145 Å². The van der Waals surface area contributed by atoms with E-state index in [1.165, 1.54) is 0 Å². The maximum absolute atomic E-state index is 10.3. The van der Waals surface area contributed by atoms with Gasteiger partial charge in [-0.3, -0.25) is 0 Å². The molecule has 0 aliphatic rings.